The number of carbonyl (C=O) groups excluding carboxylic acids is 2. The normalized spacial score (nSPS) is 16.4. The number of aliphatic hydroxyl groups excluding tert-OH is 1. The number of benzene rings is 1. The number of aliphatic imine (C=N–C) groups is 1. The number of allylic oxidation sites excluding steroid dienone is 3. The van der Waals surface area contributed by atoms with Gasteiger partial charge in [-0.1, -0.05) is 35.9 Å². The Balaban J connectivity index is 1.84. The van der Waals surface area contributed by atoms with E-state index in [9.17, 15) is 9.59 Å². The van der Waals surface area contributed by atoms with Crippen molar-refractivity contribution in [3.8, 4) is 0 Å². The summed E-state index contributed by atoms with van der Waals surface area (Å²) >= 11 is 0. The summed E-state index contributed by atoms with van der Waals surface area (Å²) in [6.07, 6.45) is 2.45. The number of nitrogens with zero attached hydrogens (tertiary/aromatic N) is 3. The van der Waals surface area contributed by atoms with Crippen LogP contribution < -0.4 is 4.90 Å². The van der Waals surface area contributed by atoms with Crippen molar-refractivity contribution in [1.29, 1.82) is 0 Å². The molecule has 0 unspecified atom stereocenters. The van der Waals surface area contributed by atoms with Gasteiger partial charge in [0.25, 0.3) is 0 Å². The van der Waals surface area contributed by atoms with Crippen LogP contribution in [0.2, 0.25) is 0 Å². The van der Waals surface area contributed by atoms with Crippen molar-refractivity contribution in [3.05, 3.63) is 53.3 Å². The van der Waals surface area contributed by atoms with Gasteiger partial charge in [-0.2, -0.15) is 0 Å². The van der Waals surface area contributed by atoms with E-state index in [0.717, 1.165) is 53.1 Å². The van der Waals surface area contributed by atoms with Crippen LogP contribution in [0.3, 0.4) is 0 Å². The van der Waals surface area contributed by atoms with E-state index in [0.29, 0.717) is 26.1 Å². The molecule has 0 atom stereocenters. The summed E-state index contributed by atoms with van der Waals surface area (Å²) in [6.45, 7) is 15.1. The van der Waals surface area contributed by atoms with E-state index in [1.165, 1.54) is 0 Å². The van der Waals surface area contributed by atoms with Crippen molar-refractivity contribution in [3.63, 3.8) is 0 Å². The van der Waals surface area contributed by atoms with Gasteiger partial charge < -0.3 is 19.6 Å². The van der Waals surface area contributed by atoms with Gasteiger partial charge in [-0.3, -0.25) is 9.79 Å². The van der Waals surface area contributed by atoms with E-state index in [2.05, 4.69) is 6.58 Å². The zero-order valence-electron chi connectivity index (χ0n) is 21.8. The van der Waals surface area contributed by atoms with E-state index in [-0.39, 0.29) is 24.7 Å². The molecular weight excluding hydrogens is 442 g/mol. The number of carbonyl (C=O) groups is 2. The molecule has 7 heteroatoms. The van der Waals surface area contributed by atoms with Gasteiger partial charge in [-0.05, 0) is 65.5 Å². The second kappa shape index (κ2) is 11.2. The summed E-state index contributed by atoms with van der Waals surface area (Å²) in [4.78, 5) is 34.5. The third-order valence-electron chi connectivity index (χ3n) is 6.66. The van der Waals surface area contributed by atoms with Gasteiger partial charge in [0, 0.05) is 43.2 Å². The Morgan fingerprint density at radius 3 is 2.51 bits per heavy atom. The first-order chi connectivity index (χ1) is 16.6. The number of fused-ring (bicyclic) bond motifs is 2. The zero-order valence-corrected chi connectivity index (χ0v) is 21.8. The third kappa shape index (κ3) is 5.84. The van der Waals surface area contributed by atoms with Gasteiger partial charge in [0.15, 0.2) is 0 Å². The number of aliphatic hydroxyl groups is 1. The standard InChI is InChI=1S/C28H39N3O4/c1-19(2)22(6)29-23(15-21(5)11-9-10-14-32)16-31-25-13-8-7-12-24(25)28(26(31)33)17-30(18-28)27(34)35-20(3)4/h7-8,12-13,20,32H,5,9-11,14-18H2,1-4,6H3/b29-23+. The molecule has 7 nitrogen and oxygen atoms in total. The fraction of sp³-hybridized carbons (Fsp3) is 0.536. The number of para-hydroxylation sites is 1. The van der Waals surface area contributed by atoms with Crippen LogP contribution in [-0.4, -0.2) is 60.1 Å². The van der Waals surface area contributed by atoms with Crippen LogP contribution >= 0.6 is 0 Å². The van der Waals surface area contributed by atoms with Crippen molar-refractivity contribution >= 4 is 23.4 Å². The number of unbranched alkanes of at least 4 members (excludes halogenated alkanes) is 1. The average molecular weight is 482 g/mol. The van der Waals surface area contributed by atoms with Gasteiger partial charge in [-0.25, -0.2) is 4.79 Å². The highest BCUT2D eigenvalue weighted by Gasteiger charge is 2.59. The van der Waals surface area contributed by atoms with Crippen molar-refractivity contribution < 1.29 is 19.4 Å². The summed E-state index contributed by atoms with van der Waals surface area (Å²) in [5.41, 5.74) is 5.08. The van der Waals surface area contributed by atoms with Gasteiger partial charge in [0.1, 0.15) is 5.41 Å². The molecule has 0 radical (unpaired) electrons. The molecule has 0 saturated carbocycles. The molecular formula is C28H39N3O4. The van der Waals surface area contributed by atoms with Gasteiger partial charge in [0.2, 0.25) is 5.91 Å². The largest absolute Gasteiger partial charge is 0.447 e. The smallest absolute Gasteiger partial charge is 0.410 e. The lowest BCUT2D eigenvalue weighted by Crippen LogP contribution is -2.65. The van der Waals surface area contributed by atoms with E-state index in [1.807, 2.05) is 63.8 Å². The predicted molar refractivity (Wildman–Crippen MR) is 140 cm³/mol. The van der Waals surface area contributed by atoms with Crippen LogP contribution in [-0.2, 0) is 14.9 Å². The summed E-state index contributed by atoms with van der Waals surface area (Å²) in [5, 5.41) is 9.09. The van der Waals surface area contributed by atoms with E-state index < -0.39 is 5.41 Å². The average Bonchev–Trinajstić information content (AvgIpc) is 3.00. The predicted octanol–water partition coefficient (Wildman–Crippen LogP) is 5.00. The molecule has 1 aromatic carbocycles. The molecule has 0 aliphatic carbocycles. The molecule has 1 saturated heterocycles. The maximum absolute atomic E-state index is 13.8. The lowest BCUT2D eigenvalue weighted by atomic mass is 9.75. The van der Waals surface area contributed by atoms with E-state index in [4.69, 9.17) is 14.8 Å². The molecule has 2 heterocycles. The third-order valence-corrected chi connectivity index (χ3v) is 6.66. The van der Waals surface area contributed by atoms with Crippen LogP contribution in [0.1, 0.15) is 65.9 Å². The lowest BCUT2D eigenvalue weighted by molar-refractivity contribution is -0.128. The minimum atomic E-state index is -0.735. The maximum atomic E-state index is 13.8. The molecule has 1 N–H and O–H groups in total. The molecule has 1 spiro atoms. The van der Waals surface area contributed by atoms with E-state index in [1.54, 1.807) is 4.90 Å². The van der Waals surface area contributed by atoms with Gasteiger partial charge >= 0.3 is 6.09 Å². The van der Waals surface area contributed by atoms with Crippen LogP contribution in [0.4, 0.5) is 10.5 Å². The number of hydrogen-bond acceptors (Lipinski definition) is 5. The Morgan fingerprint density at radius 1 is 1.20 bits per heavy atom. The molecule has 0 bridgehead atoms. The fourth-order valence-corrected chi connectivity index (χ4v) is 4.60. The van der Waals surface area contributed by atoms with Crippen LogP contribution in [0, 0.1) is 0 Å². The van der Waals surface area contributed by atoms with Crippen molar-refractivity contribution in [2.24, 2.45) is 4.99 Å². The number of anilines is 1. The quantitative estimate of drug-likeness (QED) is 0.290. The summed E-state index contributed by atoms with van der Waals surface area (Å²) < 4.78 is 5.33. The first-order valence-electron chi connectivity index (χ1n) is 12.4. The molecule has 35 heavy (non-hydrogen) atoms. The Bertz CT molecular complexity index is 1030. The van der Waals surface area contributed by atoms with Crippen LogP contribution in [0.5, 0.6) is 0 Å². The minimum Gasteiger partial charge on any atom is -0.447 e. The Kier molecular flexibility index (Phi) is 8.54. The fourth-order valence-electron chi connectivity index (χ4n) is 4.60. The van der Waals surface area contributed by atoms with Crippen molar-refractivity contribution in [1.82, 2.24) is 4.90 Å². The number of amides is 2. The second-order valence-electron chi connectivity index (χ2n) is 10.2. The molecule has 1 fully saturated rings. The molecule has 2 aliphatic rings. The van der Waals surface area contributed by atoms with Gasteiger partial charge in [0.05, 0.1) is 12.6 Å². The molecule has 3 rings (SSSR count). The monoisotopic (exact) mass is 481 g/mol. The first-order valence-corrected chi connectivity index (χ1v) is 12.4. The zero-order chi connectivity index (χ0) is 25.8. The Morgan fingerprint density at radius 2 is 1.89 bits per heavy atom. The highest BCUT2D eigenvalue weighted by Crippen LogP contribution is 2.47. The van der Waals surface area contributed by atoms with E-state index >= 15 is 0 Å². The second-order valence-corrected chi connectivity index (χ2v) is 10.2. The summed E-state index contributed by atoms with van der Waals surface area (Å²) in [6, 6.07) is 7.84. The Labute approximate surface area is 209 Å². The van der Waals surface area contributed by atoms with Gasteiger partial charge in [-0.15, -0.1) is 0 Å². The molecule has 2 amide bonds. The SMILES string of the molecule is C=C(CCCCO)C/C(CN1C(=O)C2(CN(C(=O)OC(C)C)C2)c2ccccc21)=N\C(C)=C(C)C. The number of hydrogen-bond donors (Lipinski definition) is 1. The topological polar surface area (TPSA) is 82.4 Å². The lowest BCUT2D eigenvalue weighted by Gasteiger charge is -2.46. The minimum absolute atomic E-state index is 0.000688. The maximum Gasteiger partial charge on any atom is 0.410 e. The number of likely N-dealkylation sites (tertiary alicyclic amines) is 1. The van der Waals surface area contributed by atoms with Crippen LogP contribution in [0.25, 0.3) is 0 Å². The molecule has 0 aromatic heterocycles. The molecule has 2 aliphatic heterocycles. The Hall–Kier alpha value is -2.93. The highest BCUT2D eigenvalue weighted by molar-refractivity contribution is 6.13. The molecule has 1 aromatic rings. The van der Waals surface area contributed by atoms with Crippen molar-refractivity contribution in [2.75, 3.05) is 31.1 Å². The van der Waals surface area contributed by atoms with Crippen molar-refractivity contribution in [2.45, 2.75) is 71.8 Å². The summed E-state index contributed by atoms with van der Waals surface area (Å²) in [5.74, 6) is 0.000688. The van der Waals surface area contributed by atoms with Crippen LogP contribution in [0.15, 0.2) is 52.7 Å². The highest BCUT2D eigenvalue weighted by atomic mass is 16.6. The number of ether oxygens (including phenoxy) is 1. The summed E-state index contributed by atoms with van der Waals surface area (Å²) in [7, 11) is 0. The molecule has 190 valence electrons. The number of rotatable bonds is 10. The first kappa shape index (κ1) is 26.7.